The Labute approximate surface area is 160 Å². The number of carbonyl (C=O) groups excluding carboxylic acids is 1. The number of esters is 1. The van der Waals surface area contributed by atoms with E-state index in [0.717, 1.165) is 37.8 Å². The Bertz CT molecular complexity index is 639. The van der Waals surface area contributed by atoms with E-state index in [0.29, 0.717) is 29.4 Å². The summed E-state index contributed by atoms with van der Waals surface area (Å²) in [6.07, 6.45) is 4.57. The lowest BCUT2D eigenvalue weighted by atomic mass is 9.80. The Morgan fingerprint density at radius 1 is 1.29 bits per heavy atom. The van der Waals surface area contributed by atoms with Crippen molar-refractivity contribution >= 4 is 45.1 Å². The molecule has 4 nitrogen and oxygen atoms in total. The number of pyridine rings is 1. The molecule has 0 saturated heterocycles. The maximum absolute atomic E-state index is 12.3. The van der Waals surface area contributed by atoms with Gasteiger partial charge in [-0.15, -0.1) is 0 Å². The van der Waals surface area contributed by atoms with Gasteiger partial charge in [0.15, 0.2) is 0 Å². The van der Waals surface area contributed by atoms with Crippen LogP contribution in [0, 0.1) is 11.8 Å². The van der Waals surface area contributed by atoms with Gasteiger partial charge in [-0.3, -0.25) is 9.59 Å². The largest absolute Gasteiger partial charge is 0.466 e. The smallest absolute Gasteiger partial charge is 0.308 e. The quantitative estimate of drug-likeness (QED) is 0.473. The van der Waals surface area contributed by atoms with Crippen LogP contribution in [0.25, 0.3) is 0 Å². The molecular formula is C17H22BrCl2NO3. The summed E-state index contributed by atoms with van der Waals surface area (Å²) in [6, 6.07) is 1.50. The predicted molar refractivity (Wildman–Crippen MR) is 100 cm³/mol. The van der Waals surface area contributed by atoms with Crippen molar-refractivity contribution in [1.29, 1.82) is 0 Å². The van der Waals surface area contributed by atoms with E-state index in [9.17, 15) is 9.59 Å². The SMILES string of the molecule is CCOC(=O)[C@H]1CC[C@@H](CCn2c(CBr)c(Cl)cc(Cl)c2=O)CC1. The van der Waals surface area contributed by atoms with Gasteiger partial charge in [0.2, 0.25) is 0 Å². The van der Waals surface area contributed by atoms with E-state index < -0.39 is 0 Å². The van der Waals surface area contributed by atoms with Crippen LogP contribution in [0.1, 0.15) is 44.7 Å². The third kappa shape index (κ3) is 4.77. The number of aromatic nitrogens is 1. The number of carbonyl (C=O) groups is 1. The van der Waals surface area contributed by atoms with E-state index in [1.54, 1.807) is 4.57 Å². The molecule has 0 radical (unpaired) electrons. The van der Waals surface area contributed by atoms with Crippen LogP contribution in [-0.2, 0) is 21.4 Å². The highest BCUT2D eigenvalue weighted by Crippen LogP contribution is 2.32. The molecule has 0 bridgehead atoms. The van der Waals surface area contributed by atoms with E-state index >= 15 is 0 Å². The van der Waals surface area contributed by atoms with E-state index in [1.165, 1.54) is 6.07 Å². The van der Waals surface area contributed by atoms with Crippen molar-refractivity contribution in [2.45, 2.75) is 50.9 Å². The number of hydrogen-bond donors (Lipinski definition) is 0. The first-order valence-corrected chi connectivity index (χ1v) is 10.2. The summed E-state index contributed by atoms with van der Waals surface area (Å²) in [6.45, 7) is 2.86. The van der Waals surface area contributed by atoms with Gasteiger partial charge in [-0.2, -0.15) is 0 Å². The Morgan fingerprint density at radius 3 is 2.54 bits per heavy atom. The van der Waals surface area contributed by atoms with Crippen LogP contribution in [0.2, 0.25) is 10.0 Å². The second-order valence-corrected chi connectivity index (χ2v) is 7.51. The van der Waals surface area contributed by atoms with Crippen molar-refractivity contribution in [3.8, 4) is 0 Å². The molecule has 134 valence electrons. The molecule has 24 heavy (non-hydrogen) atoms. The molecule has 1 saturated carbocycles. The predicted octanol–water partition coefficient (Wildman–Crippen LogP) is 4.81. The molecule has 0 spiro atoms. The second kappa shape index (κ2) is 9.25. The van der Waals surface area contributed by atoms with Crippen molar-refractivity contribution in [3.05, 3.63) is 32.2 Å². The lowest BCUT2D eigenvalue weighted by Crippen LogP contribution is -2.27. The first-order valence-electron chi connectivity index (χ1n) is 8.28. The van der Waals surface area contributed by atoms with Gasteiger partial charge in [0.25, 0.3) is 5.56 Å². The Hall–Kier alpha value is -0.520. The minimum Gasteiger partial charge on any atom is -0.466 e. The molecule has 2 rings (SSSR count). The third-order valence-corrected chi connectivity index (χ3v) is 5.79. The maximum Gasteiger partial charge on any atom is 0.308 e. The average molecular weight is 439 g/mol. The third-order valence-electron chi connectivity index (χ3n) is 4.66. The van der Waals surface area contributed by atoms with E-state index in [2.05, 4.69) is 15.9 Å². The highest BCUT2D eigenvalue weighted by molar-refractivity contribution is 9.08. The monoisotopic (exact) mass is 437 g/mol. The van der Waals surface area contributed by atoms with Gasteiger partial charge in [0, 0.05) is 11.9 Å². The van der Waals surface area contributed by atoms with Gasteiger partial charge in [-0.05, 0) is 51.0 Å². The summed E-state index contributed by atoms with van der Waals surface area (Å²) in [4.78, 5) is 24.1. The number of alkyl halides is 1. The van der Waals surface area contributed by atoms with Gasteiger partial charge in [-0.1, -0.05) is 39.1 Å². The fourth-order valence-electron chi connectivity index (χ4n) is 3.27. The van der Waals surface area contributed by atoms with Crippen LogP contribution < -0.4 is 5.56 Å². The standard InChI is InChI=1S/C17H22BrCl2NO3/c1-2-24-17(23)12-5-3-11(4-6-12)7-8-21-15(10-18)13(19)9-14(20)16(21)22/h9,11-12H,2-8,10H2,1H3/t11-,12+. The maximum atomic E-state index is 12.3. The lowest BCUT2D eigenvalue weighted by Gasteiger charge is -2.27. The summed E-state index contributed by atoms with van der Waals surface area (Å²) >= 11 is 15.5. The van der Waals surface area contributed by atoms with E-state index in [1.807, 2.05) is 6.92 Å². The first-order chi connectivity index (χ1) is 11.5. The molecule has 0 amide bonds. The summed E-state index contributed by atoms with van der Waals surface area (Å²) < 4.78 is 6.76. The van der Waals surface area contributed by atoms with Crippen LogP contribution in [0.5, 0.6) is 0 Å². The van der Waals surface area contributed by atoms with Crippen molar-refractivity contribution in [2.75, 3.05) is 6.61 Å². The zero-order valence-electron chi connectivity index (χ0n) is 13.7. The fraction of sp³-hybridized carbons (Fsp3) is 0.647. The Morgan fingerprint density at radius 2 is 1.96 bits per heavy atom. The molecule has 1 fully saturated rings. The van der Waals surface area contributed by atoms with Crippen LogP contribution in [0.4, 0.5) is 0 Å². The average Bonchev–Trinajstić information content (AvgIpc) is 2.57. The molecule has 1 aliphatic rings. The van der Waals surface area contributed by atoms with Crippen LogP contribution in [-0.4, -0.2) is 17.1 Å². The molecular weight excluding hydrogens is 417 g/mol. The topological polar surface area (TPSA) is 48.3 Å². The zero-order chi connectivity index (χ0) is 17.7. The lowest BCUT2D eigenvalue weighted by molar-refractivity contribution is -0.149. The van der Waals surface area contributed by atoms with Crippen molar-refractivity contribution in [3.63, 3.8) is 0 Å². The summed E-state index contributed by atoms with van der Waals surface area (Å²) in [5.41, 5.74) is 0.557. The number of hydrogen-bond acceptors (Lipinski definition) is 3. The van der Waals surface area contributed by atoms with Crippen LogP contribution in [0.15, 0.2) is 10.9 Å². The molecule has 0 unspecified atom stereocenters. The second-order valence-electron chi connectivity index (χ2n) is 6.14. The minimum atomic E-state index is -0.198. The highest BCUT2D eigenvalue weighted by atomic mass is 79.9. The minimum absolute atomic E-state index is 0.0302. The Kier molecular flexibility index (Phi) is 7.63. The number of rotatable bonds is 6. The summed E-state index contributed by atoms with van der Waals surface area (Å²) in [7, 11) is 0. The van der Waals surface area contributed by atoms with Gasteiger partial charge >= 0.3 is 5.97 Å². The number of halogens is 3. The normalized spacial score (nSPS) is 20.8. The molecule has 1 aromatic heterocycles. The van der Waals surface area contributed by atoms with Crippen molar-refractivity contribution < 1.29 is 9.53 Å². The summed E-state index contributed by atoms with van der Waals surface area (Å²) in [5.74, 6) is 0.460. The molecule has 0 aromatic carbocycles. The number of nitrogens with zero attached hydrogens (tertiary/aromatic N) is 1. The van der Waals surface area contributed by atoms with Crippen molar-refractivity contribution in [2.24, 2.45) is 11.8 Å². The highest BCUT2D eigenvalue weighted by Gasteiger charge is 2.27. The van der Waals surface area contributed by atoms with Crippen molar-refractivity contribution in [1.82, 2.24) is 4.57 Å². The fourth-order valence-corrected chi connectivity index (χ4v) is 4.58. The van der Waals surface area contributed by atoms with Gasteiger partial charge in [0.05, 0.1) is 23.2 Å². The van der Waals surface area contributed by atoms with Gasteiger partial charge in [-0.25, -0.2) is 0 Å². The molecule has 1 aliphatic carbocycles. The summed E-state index contributed by atoms with van der Waals surface area (Å²) in [5, 5.41) is 1.16. The van der Waals surface area contributed by atoms with Crippen LogP contribution >= 0.6 is 39.1 Å². The molecule has 0 N–H and O–H groups in total. The molecule has 7 heteroatoms. The molecule has 0 atom stereocenters. The number of ether oxygens (including phenoxy) is 1. The van der Waals surface area contributed by atoms with Gasteiger partial charge < -0.3 is 9.30 Å². The first kappa shape index (κ1) is 19.8. The molecule has 1 aromatic rings. The molecule has 1 heterocycles. The van der Waals surface area contributed by atoms with E-state index in [4.69, 9.17) is 27.9 Å². The Balaban J connectivity index is 1.96. The zero-order valence-corrected chi connectivity index (χ0v) is 16.8. The van der Waals surface area contributed by atoms with Crippen LogP contribution in [0.3, 0.4) is 0 Å². The van der Waals surface area contributed by atoms with Gasteiger partial charge in [0.1, 0.15) is 5.02 Å². The molecule has 0 aliphatic heterocycles. The van der Waals surface area contributed by atoms with E-state index in [-0.39, 0.29) is 22.5 Å².